The fourth-order valence-corrected chi connectivity index (χ4v) is 3.77. The van der Waals surface area contributed by atoms with E-state index in [2.05, 4.69) is 10.1 Å². The van der Waals surface area contributed by atoms with E-state index in [0.717, 1.165) is 36.7 Å². The zero-order chi connectivity index (χ0) is 11.0. The molecule has 1 unspecified atom stereocenters. The van der Waals surface area contributed by atoms with E-state index < -0.39 is 0 Å². The summed E-state index contributed by atoms with van der Waals surface area (Å²) in [7, 11) is 0. The molecular formula is C11H18ClN3OS. The van der Waals surface area contributed by atoms with Crippen molar-refractivity contribution in [3.8, 4) is 0 Å². The molecule has 2 aliphatic rings. The number of nitrogens with zero attached hydrogens (tertiary/aromatic N) is 2. The minimum Gasteiger partial charge on any atom is -0.339 e. The molecule has 96 valence electrons. The Labute approximate surface area is 112 Å². The molecule has 1 aromatic rings. The van der Waals surface area contributed by atoms with E-state index in [9.17, 15) is 0 Å². The fourth-order valence-electron chi connectivity index (χ4n) is 2.56. The number of thioether (sulfide) groups is 1. The minimum atomic E-state index is -0.312. The molecule has 0 aromatic carbocycles. The zero-order valence-electron chi connectivity index (χ0n) is 9.72. The van der Waals surface area contributed by atoms with Crippen molar-refractivity contribution in [1.29, 1.82) is 0 Å². The maximum atomic E-state index is 6.30. The molecular weight excluding hydrogens is 258 g/mol. The van der Waals surface area contributed by atoms with Crippen molar-refractivity contribution < 1.29 is 4.52 Å². The Morgan fingerprint density at radius 3 is 2.76 bits per heavy atom. The highest BCUT2D eigenvalue weighted by Crippen LogP contribution is 2.36. The summed E-state index contributed by atoms with van der Waals surface area (Å²) in [6.45, 7) is 0. The van der Waals surface area contributed by atoms with Crippen LogP contribution in [0.5, 0.6) is 0 Å². The van der Waals surface area contributed by atoms with Crippen molar-refractivity contribution in [2.45, 2.75) is 43.6 Å². The second kappa shape index (κ2) is 5.16. The highest BCUT2D eigenvalue weighted by molar-refractivity contribution is 7.99. The molecule has 1 saturated carbocycles. The lowest BCUT2D eigenvalue weighted by Crippen LogP contribution is -2.34. The fraction of sp³-hybridized carbons (Fsp3) is 0.818. The van der Waals surface area contributed by atoms with Crippen molar-refractivity contribution in [3.63, 3.8) is 0 Å². The van der Waals surface area contributed by atoms with Gasteiger partial charge >= 0.3 is 0 Å². The van der Waals surface area contributed by atoms with Gasteiger partial charge in [-0.25, -0.2) is 0 Å². The molecule has 6 heteroatoms. The van der Waals surface area contributed by atoms with Gasteiger partial charge in [0.05, 0.1) is 5.54 Å². The van der Waals surface area contributed by atoms with Gasteiger partial charge < -0.3 is 10.3 Å². The van der Waals surface area contributed by atoms with Crippen molar-refractivity contribution >= 4 is 24.2 Å². The summed E-state index contributed by atoms with van der Waals surface area (Å²) in [4.78, 5) is 4.53. The van der Waals surface area contributed by atoms with Crippen LogP contribution in [0.2, 0.25) is 0 Å². The van der Waals surface area contributed by atoms with Crippen LogP contribution in [-0.4, -0.2) is 21.6 Å². The highest BCUT2D eigenvalue weighted by Gasteiger charge is 2.36. The van der Waals surface area contributed by atoms with Gasteiger partial charge in [0.2, 0.25) is 5.89 Å². The molecule has 1 aliphatic carbocycles. The number of halogens is 1. The third kappa shape index (κ3) is 2.46. The average Bonchev–Trinajstić information content (AvgIpc) is 2.98. The summed E-state index contributed by atoms with van der Waals surface area (Å²) in [5, 5.41) is 4.09. The Morgan fingerprint density at radius 2 is 2.12 bits per heavy atom. The summed E-state index contributed by atoms with van der Waals surface area (Å²) in [5.74, 6) is 4.31. The Kier molecular flexibility index (Phi) is 4.00. The van der Waals surface area contributed by atoms with Gasteiger partial charge in [-0.2, -0.15) is 16.7 Å². The molecule has 17 heavy (non-hydrogen) atoms. The lowest BCUT2D eigenvalue weighted by molar-refractivity contribution is 0.338. The minimum absolute atomic E-state index is 0. The molecule has 1 aliphatic heterocycles. The maximum Gasteiger partial charge on any atom is 0.230 e. The molecule has 1 atom stereocenters. The first-order valence-electron chi connectivity index (χ1n) is 5.99. The quantitative estimate of drug-likeness (QED) is 0.898. The normalized spacial score (nSPS) is 27.0. The number of hydrogen-bond acceptors (Lipinski definition) is 5. The summed E-state index contributed by atoms with van der Waals surface area (Å²) in [5.41, 5.74) is 5.99. The molecule has 0 radical (unpaired) electrons. The molecule has 2 N–H and O–H groups in total. The van der Waals surface area contributed by atoms with Crippen LogP contribution in [0.15, 0.2) is 4.52 Å². The van der Waals surface area contributed by atoms with E-state index in [1.807, 2.05) is 11.8 Å². The molecule has 3 rings (SSSR count). The SMILES string of the molecule is Cl.NC1(c2noc(C3CCSC3)n2)CCCC1. The summed E-state index contributed by atoms with van der Waals surface area (Å²) in [6, 6.07) is 0. The lowest BCUT2D eigenvalue weighted by atomic mass is 9.98. The Balaban J connectivity index is 0.00000108. The van der Waals surface area contributed by atoms with Crippen molar-refractivity contribution in [3.05, 3.63) is 11.7 Å². The van der Waals surface area contributed by atoms with Crippen LogP contribution in [0.25, 0.3) is 0 Å². The summed E-state index contributed by atoms with van der Waals surface area (Å²) < 4.78 is 5.37. The van der Waals surface area contributed by atoms with Crippen molar-refractivity contribution in [2.24, 2.45) is 5.73 Å². The molecule has 1 saturated heterocycles. The highest BCUT2D eigenvalue weighted by atomic mass is 35.5. The summed E-state index contributed by atoms with van der Waals surface area (Å²) >= 11 is 1.96. The smallest absolute Gasteiger partial charge is 0.230 e. The first kappa shape index (κ1) is 13.2. The molecule has 2 fully saturated rings. The van der Waals surface area contributed by atoms with Crippen LogP contribution in [-0.2, 0) is 5.54 Å². The van der Waals surface area contributed by atoms with E-state index in [-0.39, 0.29) is 17.9 Å². The van der Waals surface area contributed by atoms with Gasteiger partial charge in [0.25, 0.3) is 0 Å². The first-order valence-corrected chi connectivity index (χ1v) is 7.14. The van der Waals surface area contributed by atoms with E-state index in [1.54, 1.807) is 0 Å². The maximum absolute atomic E-state index is 6.30. The van der Waals surface area contributed by atoms with Crippen LogP contribution in [0.4, 0.5) is 0 Å². The molecule has 0 spiro atoms. The third-order valence-corrected chi connectivity index (χ3v) is 4.82. The molecule has 2 heterocycles. The number of rotatable bonds is 2. The second-order valence-corrected chi connectivity index (χ2v) is 6.03. The van der Waals surface area contributed by atoms with Crippen LogP contribution in [0, 0.1) is 0 Å². The number of aromatic nitrogens is 2. The van der Waals surface area contributed by atoms with E-state index in [1.165, 1.54) is 18.6 Å². The van der Waals surface area contributed by atoms with Gasteiger partial charge in [-0.15, -0.1) is 12.4 Å². The van der Waals surface area contributed by atoms with Gasteiger partial charge in [-0.05, 0) is 25.0 Å². The van der Waals surface area contributed by atoms with Crippen LogP contribution in [0.1, 0.15) is 49.7 Å². The third-order valence-electron chi connectivity index (χ3n) is 3.66. The predicted molar refractivity (Wildman–Crippen MR) is 70.6 cm³/mol. The first-order chi connectivity index (χ1) is 7.78. The van der Waals surface area contributed by atoms with Crippen LogP contribution in [0.3, 0.4) is 0 Å². The Bertz CT molecular complexity index is 373. The van der Waals surface area contributed by atoms with Crippen molar-refractivity contribution in [2.75, 3.05) is 11.5 Å². The lowest BCUT2D eigenvalue weighted by Gasteiger charge is -2.17. The predicted octanol–water partition coefficient (Wildman–Crippen LogP) is 2.44. The molecule has 1 aromatic heterocycles. The molecule has 0 bridgehead atoms. The molecule has 4 nitrogen and oxygen atoms in total. The Morgan fingerprint density at radius 1 is 1.35 bits per heavy atom. The largest absolute Gasteiger partial charge is 0.339 e. The second-order valence-electron chi connectivity index (χ2n) is 4.88. The van der Waals surface area contributed by atoms with Gasteiger partial charge in [0, 0.05) is 11.7 Å². The van der Waals surface area contributed by atoms with Crippen LogP contribution >= 0.6 is 24.2 Å². The summed E-state index contributed by atoms with van der Waals surface area (Å²) in [6.07, 6.45) is 5.50. The van der Waals surface area contributed by atoms with Gasteiger partial charge in [0.1, 0.15) is 0 Å². The standard InChI is InChI=1S/C11H17N3OS.ClH/c12-11(4-1-2-5-11)10-13-9(15-14-10)8-3-6-16-7-8;/h8H,1-7,12H2;1H. The van der Waals surface area contributed by atoms with E-state index in [4.69, 9.17) is 10.3 Å². The van der Waals surface area contributed by atoms with Crippen LogP contribution < -0.4 is 5.73 Å². The van der Waals surface area contributed by atoms with E-state index >= 15 is 0 Å². The van der Waals surface area contributed by atoms with Gasteiger partial charge in [-0.3, -0.25) is 0 Å². The molecule has 0 amide bonds. The number of hydrogen-bond donors (Lipinski definition) is 1. The average molecular weight is 276 g/mol. The van der Waals surface area contributed by atoms with Gasteiger partial charge in [-0.1, -0.05) is 18.0 Å². The van der Waals surface area contributed by atoms with Crippen molar-refractivity contribution in [1.82, 2.24) is 10.1 Å². The van der Waals surface area contributed by atoms with Gasteiger partial charge in [0.15, 0.2) is 5.82 Å². The van der Waals surface area contributed by atoms with E-state index in [0.29, 0.717) is 5.92 Å². The number of nitrogens with two attached hydrogens (primary N) is 1. The monoisotopic (exact) mass is 275 g/mol. The topological polar surface area (TPSA) is 64.9 Å². The Hall–Kier alpha value is -0.260. The zero-order valence-corrected chi connectivity index (χ0v) is 11.4.